The number of hydrogen-bond donors (Lipinski definition) is 1. The van der Waals surface area contributed by atoms with Gasteiger partial charge in [0.25, 0.3) is 0 Å². The van der Waals surface area contributed by atoms with E-state index in [0.29, 0.717) is 0 Å². The van der Waals surface area contributed by atoms with Crippen molar-refractivity contribution in [1.29, 1.82) is 0 Å². The van der Waals surface area contributed by atoms with Gasteiger partial charge >= 0.3 is 0 Å². The molecule has 1 unspecified atom stereocenters. The predicted molar refractivity (Wildman–Crippen MR) is 77.6 cm³/mol. The number of thiophene rings is 1. The van der Waals surface area contributed by atoms with Gasteiger partial charge in [0.2, 0.25) is 0 Å². The average molecular weight is 320 g/mol. The van der Waals surface area contributed by atoms with E-state index in [0.717, 1.165) is 25.9 Å². The van der Waals surface area contributed by atoms with E-state index in [4.69, 9.17) is 5.73 Å². The Labute approximate surface area is 117 Å². The summed E-state index contributed by atoms with van der Waals surface area (Å²) in [6.45, 7) is 0. The van der Waals surface area contributed by atoms with Gasteiger partial charge in [0.05, 0.1) is 17.1 Å². The standard InChI is InChI=1S/C13H10BrN3S/c14-9-3-6-18-13(9)12(15)8-1-2-10-11(7-8)17-5-4-16-10/h1-7,12H,15H2. The van der Waals surface area contributed by atoms with E-state index in [2.05, 4.69) is 25.9 Å². The third-order valence-electron chi connectivity index (χ3n) is 2.78. The minimum Gasteiger partial charge on any atom is -0.320 e. The van der Waals surface area contributed by atoms with E-state index in [9.17, 15) is 0 Å². The van der Waals surface area contributed by atoms with Gasteiger partial charge in [-0.2, -0.15) is 0 Å². The normalized spacial score (nSPS) is 12.8. The number of aromatic nitrogens is 2. The lowest BCUT2D eigenvalue weighted by molar-refractivity contribution is 0.890. The van der Waals surface area contributed by atoms with Crippen LogP contribution in [0.5, 0.6) is 0 Å². The summed E-state index contributed by atoms with van der Waals surface area (Å²) in [5.74, 6) is 0. The Morgan fingerprint density at radius 2 is 1.89 bits per heavy atom. The molecule has 2 heterocycles. The van der Waals surface area contributed by atoms with Gasteiger partial charge in [-0.05, 0) is 45.1 Å². The van der Waals surface area contributed by atoms with E-state index in [1.165, 1.54) is 0 Å². The Morgan fingerprint density at radius 1 is 1.11 bits per heavy atom. The summed E-state index contributed by atoms with van der Waals surface area (Å²) in [4.78, 5) is 9.68. The maximum absolute atomic E-state index is 6.28. The fourth-order valence-electron chi connectivity index (χ4n) is 1.85. The van der Waals surface area contributed by atoms with E-state index in [1.807, 2.05) is 29.6 Å². The van der Waals surface area contributed by atoms with Crippen molar-refractivity contribution in [3.63, 3.8) is 0 Å². The molecular weight excluding hydrogens is 310 g/mol. The van der Waals surface area contributed by atoms with E-state index in [-0.39, 0.29) is 6.04 Å². The Bertz CT molecular complexity index is 695. The maximum Gasteiger partial charge on any atom is 0.0890 e. The molecule has 0 bridgehead atoms. The molecule has 90 valence electrons. The van der Waals surface area contributed by atoms with Crippen LogP contribution in [-0.4, -0.2) is 9.97 Å². The molecule has 0 aliphatic heterocycles. The Balaban J connectivity index is 2.07. The number of halogens is 1. The summed E-state index contributed by atoms with van der Waals surface area (Å²) in [7, 11) is 0. The Hall–Kier alpha value is -1.30. The highest BCUT2D eigenvalue weighted by atomic mass is 79.9. The molecular formula is C13H10BrN3S. The molecule has 3 nitrogen and oxygen atoms in total. The molecule has 0 saturated carbocycles. The molecule has 0 amide bonds. The molecule has 2 aromatic heterocycles. The van der Waals surface area contributed by atoms with Gasteiger partial charge in [-0.15, -0.1) is 11.3 Å². The molecule has 0 fully saturated rings. The number of rotatable bonds is 2. The minimum absolute atomic E-state index is 0.134. The molecule has 0 saturated heterocycles. The smallest absolute Gasteiger partial charge is 0.0890 e. The fraction of sp³-hybridized carbons (Fsp3) is 0.0769. The third-order valence-corrected chi connectivity index (χ3v) is 4.73. The monoisotopic (exact) mass is 319 g/mol. The molecule has 1 aromatic carbocycles. The van der Waals surface area contributed by atoms with Crippen LogP contribution in [0.15, 0.2) is 46.5 Å². The summed E-state index contributed by atoms with van der Waals surface area (Å²) in [6.07, 6.45) is 3.39. The van der Waals surface area contributed by atoms with E-state index >= 15 is 0 Å². The number of benzene rings is 1. The van der Waals surface area contributed by atoms with Crippen molar-refractivity contribution in [3.8, 4) is 0 Å². The average Bonchev–Trinajstić information content (AvgIpc) is 2.83. The van der Waals surface area contributed by atoms with Crippen molar-refractivity contribution in [3.05, 3.63) is 57.0 Å². The first-order valence-electron chi connectivity index (χ1n) is 5.45. The van der Waals surface area contributed by atoms with Gasteiger partial charge in [0.1, 0.15) is 0 Å². The lowest BCUT2D eigenvalue weighted by Crippen LogP contribution is -2.10. The highest BCUT2D eigenvalue weighted by Gasteiger charge is 2.14. The quantitative estimate of drug-likeness (QED) is 0.786. The number of nitrogens with zero attached hydrogens (tertiary/aromatic N) is 2. The van der Waals surface area contributed by atoms with E-state index < -0.39 is 0 Å². The van der Waals surface area contributed by atoms with Crippen LogP contribution in [0.25, 0.3) is 11.0 Å². The van der Waals surface area contributed by atoms with Gasteiger partial charge < -0.3 is 5.73 Å². The second-order valence-corrected chi connectivity index (χ2v) is 5.72. The van der Waals surface area contributed by atoms with Crippen molar-refractivity contribution < 1.29 is 0 Å². The van der Waals surface area contributed by atoms with Crippen molar-refractivity contribution >= 4 is 38.3 Å². The molecule has 3 rings (SSSR count). The zero-order valence-electron chi connectivity index (χ0n) is 9.38. The summed E-state index contributed by atoms with van der Waals surface area (Å²) in [5, 5.41) is 2.03. The molecule has 0 radical (unpaired) electrons. The van der Waals surface area contributed by atoms with Gasteiger partial charge in [0.15, 0.2) is 0 Å². The lowest BCUT2D eigenvalue weighted by Gasteiger charge is -2.11. The van der Waals surface area contributed by atoms with Crippen LogP contribution in [0, 0.1) is 0 Å². The van der Waals surface area contributed by atoms with Gasteiger partial charge in [0, 0.05) is 21.7 Å². The first kappa shape index (κ1) is 11.8. The summed E-state index contributed by atoms with van der Waals surface area (Å²) in [5.41, 5.74) is 9.09. The van der Waals surface area contributed by atoms with Crippen molar-refractivity contribution in [2.45, 2.75) is 6.04 Å². The zero-order chi connectivity index (χ0) is 12.5. The zero-order valence-corrected chi connectivity index (χ0v) is 11.8. The second kappa shape index (κ2) is 4.76. The van der Waals surface area contributed by atoms with Gasteiger partial charge in [-0.25, -0.2) is 0 Å². The van der Waals surface area contributed by atoms with Crippen LogP contribution < -0.4 is 5.73 Å². The third kappa shape index (κ3) is 2.05. The molecule has 1 atom stereocenters. The molecule has 2 N–H and O–H groups in total. The molecule has 0 aliphatic rings. The Kier molecular flexibility index (Phi) is 3.11. The van der Waals surface area contributed by atoms with Gasteiger partial charge in [-0.1, -0.05) is 6.07 Å². The second-order valence-electron chi connectivity index (χ2n) is 3.91. The van der Waals surface area contributed by atoms with Gasteiger partial charge in [-0.3, -0.25) is 9.97 Å². The molecule has 3 aromatic rings. The van der Waals surface area contributed by atoms with Crippen LogP contribution in [0.3, 0.4) is 0 Å². The highest BCUT2D eigenvalue weighted by molar-refractivity contribution is 9.10. The first-order valence-corrected chi connectivity index (χ1v) is 7.12. The largest absolute Gasteiger partial charge is 0.320 e. The predicted octanol–water partition coefficient (Wildman–Crippen LogP) is 3.50. The minimum atomic E-state index is -0.134. The first-order chi connectivity index (χ1) is 8.75. The highest BCUT2D eigenvalue weighted by Crippen LogP contribution is 2.32. The Morgan fingerprint density at radius 3 is 2.61 bits per heavy atom. The molecule has 18 heavy (non-hydrogen) atoms. The molecule has 0 aliphatic carbocycles. The van der Waals surface area contributed by atoms with Crippen molar-refractivity contribution in [2.24, 2.45) is 5.73 Å². The van der Waals surface area contributed by atoms with Crippen LogP contribution in [0.4, 0.5) is 0 Å². The SMILES string of the molecule is NC(c1ccc2nccnc2c1)c1sccc1Br. The van der Waals surface area contributed by atoms with Crippen molar-refractivity contribution in [2.75, 3.05) is 0 Å². The van der Waals surface area contributed by atoms with E-state index in [1.54, 1.807) is 23.7 Å². The lowest BCUT2D eigenvalue weighted by atomic mass is 10.1. The number of nitrogens with two attached hydrogens (primary N) is 1. The molecule has 0 spiro atoms. The summed E-state index contributed by atoms with van der Waals surface area (Å²) < 4.78 is 1.05. The van der Waals surface area contributed by atoms with Crippen LogP contribution in [0.1, 0.15) is 16.5 Å². The summed E-state index contributed by atoms with van der Waals surface area (Å²) >= 11 is 5.17. The maximum atomic E-state index is 6.28. The van der Waals surface area contributed by atoms with Crippen LogP contribution in [0.2, 0.25) is 0 Å². The van der Waals surface area contributed by atoms with Crippen molar-refractivity contribution in [1.82, 2.24) is 9.97 Å². The fourth-order valence-corrected chi connectivity index (χ4v) is 3.50. The number of fused-ring (bicyclic) bond motifs is 1. The number of hydrogen-bond acceptors (Lipinski definition) is 4. The topological polar surface area (TPSA) is 51.8 Å². The summed E-state index contributed by atoms with van der Waals surface area (Å²) in [6, 6.07) is 7.85. The van der Waals surface area contributed by atoms with Crippen LogP contribution in [-0.2, 0) is 0 Å². The van der Waals surface area contributed by atoms with Crippen LogP contribution >= 0.6 is 27.3 Å². The molecule has 5 heteroatoms.